The van der Waals surface area contributed by atoms with Gasteiger partial charge in [-0.25, -0.2) is 4.98 Å². The lowest BCUT2D eigenvalue weighted by molar-refractivity contribution is 0.471. The van der Waals surface area contributed by atoms with E-state index in [0.29, 0.717) is 12.1 Å². The highest BCUT2D eigenvalue weighted by atomic mass is 15.3. The molecule has 0 saturated heterocycles. The fraction of sp³-hybridized carbons (Fsp3) is 0.600. The molecule has 0 aliphatic heterocycles. The third-order valence-corrected chi connectivity index (χ3v) is 3.97. The molecule has 1 fully saturated rings. The van der Waals surface area contributed by atoms with Crippen LogP contribution in [0.25, 0.3) is 0 Å². The molecule has 0 radical (unpaired) electrons. The van der Waals surface area contributed by atoms with Crippen LogP contribution in [-0.2, 0) is 13.1 Å². The normalized spacial score (nSPS) is 16.5. The Kier molecular flexibility index (Phi) is 3.87. The lowest BCUT2D eigenvalue weighted by atomic mass is 10.3. The lowest BCUT2D eigenvalue weighted by Gasteiger charge is -2.09. The molecule has 1 atom stereocenters. The maximum atomic E-state index is 4.65. The first-order valence-corrected chi connectivity index (χ1v) is 7.53. The minimum Gasteiger partial charge on any atom is -0.328 e. The van der Waals surface area contributed by atoms with Crippen LogP contribution in [-0.4, -0.2) is 25.4 Å². The Balaban J connectivity index is 1.64. The van der Waals surface area contributed by atoms with Gasteiger partial charge in [0.15, 0.2) is 0 Å². The summed E-state index contributed by atoms with van der Waals surface area (Å²) in [5, 5.41) is 8.16. The predicted molar refractivity (Wildman–Crippen MR) is 78.4 cm³/mol. The Hall–Kier alpha value is -1.62. The van der Waals surface area contributed by atoms with Gasteiger partial charge >= 0.3 is 0 Å². The van der Waals surface area contributed by atoms with Crippen molar-refractivity contribution in [3.05, 3.63) is 36.2 Å². The van der Waals surface area contributed by atoms with Crippen molar-refractivity contribution in [3.63, 3.8) is 0 Å². The van der Waals surface area contributed by atoms with E-state index in [1.807, 2.05) is 17.1 Å². The summed E-state index contributed by atoms with van der Waals surface area (Å²) in [6.45, 7) is 6.03. The zero-order chi connectivity index (χ0) is 13.9. The topological polar surface area (TPSA) is 47.7 Å². The van der Waals surface area contributed by atoms with E-state index in [1.165, 1.54) is 12.8 Å². The van der Waals surface area contributed by atoms with Crippen LogP contribution in [0, 0.1) is 0 Å². The van der Waals surface area contributed by atoms with Crippen LogP contribution in [0.2, 0.25) is 0 Å². The van der Waals surface area contributed by atoms with Crippen LogP contribution in [0.4, 0.5) is 0 Å². The molecular formula is C15H23N5. The average Bonchev–Trinajstić information content (AvgIpc) is 3.00. The van der Waals surface area contributed by atoms with E-state index >= 15 is 0 Å². The summed E-state index contributed by atoms with van der Waals surface area (Å²) in [7, 11) is 0. The Bertz CT molecular complexity index is 552. The molecule has 1 N–H and O–H groups in total. The van der Waals surface area contributed by atoms with Gasteiger partial charge in [0.25, 0.3) is 0 Å². The zero-order valence-electron chi connectivity index (χ0n) is 12.3. The van der Waals surface area contributed by atoms with Crippen LogP contribution in [0.1, 0.15) is 50.7 Å². The zero-order valence-corrected chi connectivity index (χ0v) is 12.3. The molecule has 3 rings (SSSR count). The summed E-state index contributed by atoms with van der Waals surface area (Å²) in [4.78, 5) is 4.44. The number of hydrogen-bond acceptors (Lipinski definition) is 3. The summed E-state index contributed by atoms with van der Waals surface area (Å²) >= 11 is 0. The lowest BCUT2D eigenvalue weighted by Crippen LogP contribution is -2.19. The van der Waals surface area contributed by atoms with Crippen molar-refractivity contribution in [1.29, 1.82) is 0 Å². The second-order valence-corrected chi connectivity index (χ2v) is 5.67. The average molecular weight is 273 g/mol. The molecule has 2 heterocycles. The summed E-state index contributed by atoms with van der Waals surface area (Å²) in [6.07, 6.45) is 9.69. The number of nitrogens with one attached hydrogen (secondary N) is 1. The summed E-state index contributed by atoms with van der Waals surface area (Å²) in [6, 6.07) is 3.27. The van der Waals surface area contributed by atoms with Crippen LogP contribution in [0.15, 0.2) is 24.7 Å². The molecule has 1 aliphatic carbocycles. The van der Waals surface area contributed by atoms with Crippen molar-refractivity contribution in [2.24, 2.45) is 0 Å². The van der Waals surface area contributed by atoms with Crippen LogP contribution < -0.4 is 5.32 Å². The monoisotopic (exact) mass is 273 g/mol. The van der Waals surface area contributed by atoms with E-state index < -0.39 is 0 Å². The number of imidazole rings is 1. The molecule has 0 amide bonds. The Morgan fingerprint density at radius 1 is 1.40 bits per heavy atom. The van der Waals surface area contributed by atoms with Crippen molar-refractivity contribution in [3.8, 4) is 0 Å². The molecule has 5 nitrogen and oxygen atoms in total. The van der Waals surface area contributed by atoms with Gasteiger partial charge in [0.1, 0.15) is 5.82 Å². The Morgan fingerprint density at radius 3 is 3.00 bits per heavy atom. The first-order valence-electron chi connectivity index (χ1n) is 7.53. The van der Waals surface area contributed by atoms with Crippen molar-refractivity contribution in [2.75, 3.05) is 0 Å². The maximum absolute atomic E-state index is 4.65. The molecule has 2 aromatic heterocycles. The highest BCUT2D eigenvalue weighted by molar-refractivity contribution is 5.04. The number of aromatic nitrogens is 4. The highest BCUT2D eigenvalue weighted by Crippen LogP contribution is 2.19. The Morgan fingerprint density at radius 2 is 2.25 bits per heavy atom. The van der Waals surface area contributed by atoms with Crippen LogP contribution in [0.3, 0.4) is 0 Å². The van der Waals surface area contributed by atoms with Gasteiger partial charge in [0, 0.05) is 30.7 Å². The van der Waals surface area contributed by atoms with Crippen LogP contribution >= 0.6 is 0 Å². The standard InChI is InChI=1S/C15H23N5/c1-3-12(2)20-8-6-14(18-20)11-19-9-7-16-15(19)10-17-13-4-5-13/h6-9,12-13,17H,3-5,10-11H2,1-2H3. The molecule has 1 unspecified atom stereocenters. The van der Waals surface area contributed by atoms with E-state index in [2.05, 4.69) is 46.1 Å². The fourth-order valence-corrected chi connectivity index (χ4v) is 2.24. The first kappa shape index (κ1) is 13.4. The second kappa shape index (κ2) is 5.79. The van der Waals surface area contributed by atoms with Gasteiger partial charge in [0.2, 0.25) is 0 Å². The van der Waals surface area contributed by atoms with E-state index in [4.69, 9.17) is 0 Å². The minimum atomic E-state index is 0.461. The van der Waals surface area contributed by atoms with Gasteiger partial charge in [-0.2, -0.15) is 5.10 Å². The highest BCUT2D eigenvalue weighted by Gasteiger charge is 2.20. The molecule has 20 heavy (non-hydrogen) atoms. The third kappa shape index (κ3) is 3.10. The number of hydrogen-bond donors (Lipinski definition) is 1. The van der Waals surface area contributed by atoms with Gasteiger partial charge in [-0.3, -0.25) is 4.68 Å². The maximum Gasteiger partial charge on any atom is 0.123 e. The smallest absolute Gasteiger partial charge is 0.123 e. The van der Waals surface area contributed by atoms with E-state index in [9.17, 15) is 0 Å². The molecule has 0 aromatic carbocycles. The van der Waals surface area contributed by atoms with Gasteiger partial charge < -0.3 is 9.88 Å². The first-order chi connectivity index (χ1) is 9.76. The molecule has 5 heteroatoms. The molecule has 1 saturated carbocycles. The number of nitrogens with zero attached hydrogens (tertiary/aromatic N) is 4. The minimum absolute atomic E-state index is 0.461. The van der Waals surface area contributed by atoms with Gasteiger partial charge in [-0.15, -0.1) is 0 Å². The summed E-state index contributed by atoms with van der Waals surface area (Å²) in [5.41, 5.74) is 1.09. The molecule has 2 aromatic rings. The van der Waals surface area contributed by atoms with Gasteiger partial charge in [-0.05, 0) is 32.3 Å². The van der Waals surface area contributed by atoms with Gasteiger partial charge in [-0.1, -0.05) is 6.92 Å². The number of rotatable bonds is 7. The summed E-state index contributed by atoms with van der Waals surface area (Å²) in [5.74, 6) is 1.09. The van der Waals surface area contributed by atoms with Crippen molar-refractivity contribution < 1.29 is 0 Å². The fourth-order valence-electron chi connectivity index (χ4n) is 2.24. The van der Waals surface area contributed by atoms with Gasteiger partial charge in [0.05, 0.1) is 18.8 Å². The van der Waals surface area contributed by atoms with Crippen LogP contribution in [0.5, 0.6) is 0 Å². The van der Waals surface area contributed by atoms with E-state index in [0.717, 1.165) is 31.0 Å². The van der Waals surface area contributed by atoms with Crippen molar-refractivity contribution in [1.82, 2.24) is 24.6 Å². The van der Waals surface area contributed by atoms with E-state index in [-0.39, 0.29) is 0 Å². The van der Waals surface area contributed by atoms with Crippen molar-refractivity contribution in [2.45, 2.75) is 58.3 Å². The molecule has 1 aliphatic rings. The molecule has 0 bridgehead atoms. The largest absolute Gasteiger partial charge is 0.328 e. The van der Waals surface area contributed by atoms with E-state index in [1.54, 1.807) is 0 Å². The Labute approximate surface area is 120 Å². The second-order valence-electron chi connectivity index (χ2n) is 5.67. The molecule has 108 valence electrons. The predicted octanol–water partition coefficient (Wildman–Crippen LogP) is 2.35. The SMILES string of the molecule is CCC(C)n1ccc(Cn2ccnc2CNC2CC2)n1. The van der Waals surface area contributed by atoms with Crippen molar-refractivity contribution >= 4 is 0 Å². The molecule has 0 spiro atoms. The third-order valence-electron chi connectivity index (χ3n) is 3.97. The molecular weight excluding hydrogens is 250 g/mol. The summed E-state index contributed by atoms with van der Waals surface area (Å²) < 4.78 is 4.23. The quantitative estimate of drug-likeness (QED) is 0.842.